The summed E-state index contributed by atoms with van der Waals surface area (Å²) in [5.74, 6) is 1.86. The zero-order valence-electron chi connectivity index (χ0n) is 10.3. The minimum absolute atomic E-state index is 0.279. The largest absolute Gasteiger partial charge is 0.492 e. The molecule has 0 unspecified atom stereocenters. The molecule has 18 heavy (non-hydrogen) atoms. The van der Waals surface area contributed by atoms with Crippen molar-refractivity contribution in [3.63, 3.8) is 0 Å². The van der Waals surface area contributed by atoms with Gasteiger partial charge in [0.05, 0.1) is 6.54 Å². The van der Waals surface area contributed by atoms with Crippen molar-refractivity contribution in [2.24, 2.45) is 0 Å². The molecule has 1 aromatic heterocycles. The highest BCUT2D eigenvalue weighted by molar-refractivity contribution is 5.40. The Morgan fingerprint density at radius 2 is 2.00 bits per heavy atom. The van der Waals surface area contributed by atoms with E-state index >= 15 is 0 Å². The predicted molar refractivity (Wildman–Crippen MR) is 71.6 cm³/mol. The number of nitrogens with zero attached hydrogens (tertiary/aromatic N) is 2. The summed E-state index contributed by atoms with van der Waals surface area (Å²) in [5, 5.41) is 3.14. The molecule has 0 aliphatic rings. The van der Waals surface area contributed by atoms with Gasteiger partial charge in [0.2, 0.25) is 5.95 Å². The van der Waals surface area contributed by atoms with E-state index in [1.807, 2.05) is 43.3 Å². The lowest BCUT2D eigenvalue weighted by molar-refractivity contribution is 0.333. The van der Waals surface area contributed by atoms with Crippen LogP contribution in [-0.4, -0.2) is 23.1 Å². The van der Waals surface area contributed by atoms with Crippen molar-refractivity contribution in [3.05, 3.63) is 42.1 Å². The summed E-state index contributed by atoms with van der Waals surface area (Å²) in [5.41, 5.74) is 6.40. The van der Waals surface area contributed by atoms with E-state index in [0.29, 0.717) is 13.2 Å². The molecule has 0 saturated carbocycles. The highest BCUT2D eigenvalue weighted by Crippen LogP contribution is 2.09. The molecule has 0 amide bonds. The Labute approximate surface area is 106 Å². The molecule has 0 saturated heterocycles. The van der Waals surface area contributed by atoms with E-state index in [4.69, 9.17) is 10.5 Å². The van der Waals surface area contributed by atoms with Crippen LogP contribution in [0.5, 0.6) is 5.75 Å². The molecule has 5 nitrogen and oxygen atoms in total. The smallest absolute Gasteiger partial charge is 0.222 e. The van der Waals surface area contributed by atoms with Crippen molar-refractivity contribution < 1.29 is 4.74 Å². The number of ether oxygens (including phenoxy) is 1. The van der Waals surface area contributed by atoms with Crippen molar-refractivity contribution in [1.82, 2.24) is 9.97 Å². The van der Waals surface area contributed by atoms with Crippen molar-refractivity contribution in [2.45, 2.75) is 6.92 Å². The van der Waals surface area contributed by atoms with Crippen LogP contribution in [0.2, 0.25) is 0 Å². The van der Waals surface area contributed by atoms with Crippen LogP contribution in [0.4, 0.5) is 11.8 Å². The lowest BCUT2D eigenvalue weighted by Gasteiger charge is -2.08. The van der Waals surface area contributed by atoms with Crippen LogP contribution in [0.15, 0.2) is 36.4 Å². The summed E-state index contributed by atoms with van der Waals surface area (Å²) in [6.45, 7) is 3.10. The molecule has 1 heterocycles. The standard InChI is InChI=1S/C13H16N4O/c1-10-9-12(17-13(14)16-10)15-7-8-18-11-5-3-2-4-6-11/h2-6,9H,7-8H2,1H3,(H3,14,15,16,17). The van der Waals surface area contributed by atoms with E-state index in [0.717, 1.165) is 17.3 Å². The van der Waals surface area contributed by atoms with Gasteiger partial charge in [0.25, 0.3) is 0 Å². The number of para-hydroxylation sites is 1. The van der Waals surface area contributed by atoms with E-state index in [1.54, 1.807) is 0 Å². The maximum atomic E-state index is 5.56. The van der Waals surface area contributed by atoms with Crippen LogP contribution in [0.1, 0.15) is 5.69 Å². The Hall–Kier alpha value is -2.30. The second-order valence-corrected chi connectivity index (χ2v) is 3.84. The Morgan fingerprint density at radius 1 is 1.22 bits per heavy atom. The summed E-state index contributed by atoms with van der Waals surface area (Å²) in [7, 11) is 0. The first-order chi connectivity index (χ1) is 8.74. The van der Waals surface area contributed by atoms with E-state index in [2.05, 4.69) is 15.3 Å². The number of nitrogens with one attached hydrogen (secondary N) is 1. The van der Waals surface area contributed by atoms with Gasteiger partial charge in [-0.25, -0.2) is 4.98 Å². The molecule has 5 heteroatoms. The van der Waals surface area contributed by atoms with Crippen molar-refractivity contribution in [2.75, 3.05) is 24.2 Å². The molecule has 2 rings (SSSR count). The summed E-state index contributed by atoms with van der Waals surface area (Å²) in [6.07, 6.45) is 0. The predicted octanol–water partition coefficient (Wildman–Crippen LogP) is 1.86. The van der Waals surface area contributed by atoms with E-state index < -0.39 is 0 Å². The van der Waals surface area contributed by atoms with Gasteiger partial charge in [0, 0.05) is 11.8 Å². The molecule has 94 valence electrons. The quantitative estimate of drug-likeness (QED) is 0.785. The number of hydrogen-bond donors (Lipinski definition) is 2. The third kappa shape index (κ3) is 3.62. The van der Waals surface area contributed by atoms with Gasteiger partial charge in [-0.3, -0.25) is 0 Å². The summed E-state index contributed by atoms with van der Waals surface area (Å²) >= 11 is 0. The summed E-state index contributed by atoms with van der Waals surface area (Å²) in [4.78, 5) is 8.08. The Bertz CT molecular complexity index is 481. The van der Waals surface area contributed by atoms with Gasteiger partial charge in [-0.2, -0.15) is 4.98 Å². The van der Waals surface area contributed by atoms with Gasteiger partial charge in [-0.1, -0.05) is 18.2 Å². The summed E-state index contributed by atoms with van der Waals surface area (Å²) in [6, 6.07) is 11.5. The first kappa shape index (κ1) is 12.2. The van der Waals surface area contributed by atoms with Gasteiger partial charge in [-0.15, -0.1) is 0 Å². The maximum absolute atomic E-state index is 5.56. The number of anilines is 2. The normalized spacial score (nSPS) is 10.1. The summed E-state index contributed by atoms with van der Waals surface area (Å²) < 4.78 is 5.55. The zero-order valence-corrected chi connectivity index (χ0v) is 10.3. The molecule has 0 bridgehead atoms. The van der Waals surface area contributed by atoms with Crippen LogP contribution < -0.4 is 15.8 Å². The second-order valence-electron chi connectivity index (χ2n) is 3.84. The first-order valence-electron chi connectivity index (χ1n) is 5.77. The average molecular weight is 244 g/mol. The number of aromatic nitrogens is 2. The van der Waals surface area contributed by atoms with Gasteiger partial charge in [0.15, 0.2) is 0 Å². The van der Waals surface area contributed by atoms with E-state index in [-0.39, 0.29) is 5.95 Å². The highest BCUT2D eigenvalue weighted by Gasteiger charge is 1.98. The molecule has 0 aliphatic heterocycles. The monoisotopic (exact) mass is 244 g/mol. The lowest BCUT2D eigenvalue weighted by atomic mass is 10.3. The van der Waals surface area contributed by atoms with Crippen LogP contribution in [0.25, 0.3) is 0 Å². The number of hydrogen-bond acceptors (Lipinski definition) is 5. The highest BCUT2D eigenvalue weighted by atomic mass is 16.5. The SMILES string of the molecule is Cc1cc(NCCOc2ccccc2)nc(N)n1. The third-order valence-electron chi connectivity index (χ3n) is 2.29. The number of aryl methyl sites for hydroxylation is 1. The van der Waals surface area contributed by atoms with E-state index in [1.165, 1.54) is 0 Å². The van der Waals surface area contributed by atoms with Crippen LogP contribution in [0, 0.1) is 6.92 Å². The first-order valence-corrected chi connectivity index (χ1v) is 5.77. The maximum Gasteiger partial charge on any atom is 0.222 e. The second kappa shape index (κ2) is 5.86. The van der Waals surface area contributed by atoms with Crippen LogP contribution in [0.3, 0.4) is 0 Å². The lowest BCUT2D eigenvalue weighted by Crippen LogP contribution is -2.13. The zero-order chi connectivity index (χ0) is 12.8. The Balaban J connectivity index is 1.78. The molecule has 0 atom stereocenters. The fourth-order valence-corrected chi connectivity index (χ4v) is 1.55. The van der Waals surface area contributed by atoms with Gasteiger partial charge >= 0.3 is 0 Å². The molecule has 0 aliphatic carbocycles. The van der Waals surface area contributed by atoms with Gasteiger partial charge in [0.1, 0.15) is 18.2 Å². The van der Waals surface area contributed by atoms with Crippen molar-refractivity contribution in [1.29, 1.82) is 0 Å². The molecular weight excluding hydrogens is 228 g/mol. The molecule has 2 aromatic rings. The molecule has 0 radical (unpaired) electrons. The molecule has 0 spiro atoms. The van der Waals surface area contributed by atoms with Crippen LogP contribution in [-0.2, 0) is 0 Å². The molecular formula is C13H16N4O. The molecule has 3 N–H and O–H groups in total. The molecule has 1 aromatic carbocycles. The fourth-order valence-electron chi connectivity index (χ4n) is 1.55. The Kier molecular flexibility index (Phi) is 3.96. The fraction of sp³-hybridized carbons (Fsp3) is 0.231. The number of benzene rings is 1. The van der Waals surface area contributed by atoms with Crippen molar-refractivity contribution >= 4 is 11.8 Å². The van der Waals surface area contributed by atoms with Crippen LogP contribution >= 0.6 is 0 Å². The average Bonchev–Trinajstić information content (AvgIpc) is 2.35. The van der Waals surface area contributed by atoms with E-state index in [9.17, 15) is 0 Å². The number of nitrogen functional groups attached to an aromatic ring is 1. The number of nitrogens with two attached hydrogens (primary N) is 1. The van der Waals surface area contributed by atoms with Gasteiger partial charge < -0.3 is 15.8 Å². The number of rotatable bonds is 5. The Morgan fingerprint density at radius 3 is 2.72 bits per heavy atom. The minimum Gasteiger partial charge on any atom is -0.492 e. The third-order valence-corrected chi connectivity index (χ3v) is 2.29. The topological polar surface area (TPSA) is 73.1 Å². The minimum atomic E-state index is 0.279. The van der Waals surface area contributed by atoms with Crippen molar-refractivity contribution in [3.8, 4) is 5.75 Å². The van der Waals surface area contributed by atoms with Gasteiger partial charge in [-0.05, 0) is 19.1 Å². The molecule has 0 fully saturated rings.